The summed E-state index contributed by atoms with van der Waals surface area (Å²) in [4.78, 5) is 16.1. The lowest BCUT2D eigenvalue weighted by molar-refractivity contribution is -0.121. The minimum absolute atomic E-state index is 0.0138. The van der Waals surface area contributed by atoms with Crippen molar-refractivity contribution >= 4 is 11.6 Å². The number of rotatable bonds is 6. The summed E-state index contributed by atoms with van der Waals surface area (Å²) in [5.74, 6) is -0.190. The van der Waals surface area contributed by atoms with Gasteiger partial charge in [-0.3, -0.25) is 9.69 Å². The first-order chi connectivity index (χ1) is 10.5. The third kappa shape index (κ3) is 5.27. The van der Waals surface area contributed by atoms with Gasteiger partial charge in [-0.05, 0) is 31.2 Å². The van der Waals surface area contributed by atoms with Crippen LogP contribution >= 0.6 is 0 Å². The molecule has 2 rings (SSSR count). The molecule has 1 unspecified atom stereocenters. The highest BCUT2D eigenvalue weighted by molar-refractivity contribution is 5.76. The Morgan fingerprint density at radius 2 is 1.91 bits per heavy atom. The molecule has 0 saturated carbocycles. The molecule has 0 radical (unpaired) electrons. The normalized spacial score (nSPS) is 17.3. The number of nitrogens with zero attached hydrogens (tertiary/aromatic N) is 2. The van der Waals surface area contributed by atoms with Gasteiger partial charge < -0.3 is 16.0 Å². The Kier molecular flexibility index (Phi) is 6.15. The zero-order valence-corrected chi connectivity index (χ0v) is 13.1. The fraction of sp³-hybridized carbons (Fsp3) is 0.562. The van der Waals surface area contributed by atoms with E-state index in [0.29, 0.717) is 13.0 Å². The van der Waals surface area contributed by atoms with Crippen LogP contribution in [0.1, 0.15) is 13.3 Å². The lowest BCUT2D eigenvalue weighted by Gasteiger charge is -2.36. The second kappa shape index (κ2) is 8.10. The van der Waals surface area contributed by atoms with Crippen molar-refractivity contribution in [2.75, 3.05) is 44.2 Å². The largest absolute Gasteiger partial charge is 0.369 e. The standard InChI is InChI=1S/C16H25FN4O/c1-13(18)12-16(22)19-6-7-20-8-10-21(11-9-20)15-4-2-14(17)3-5-15/h2-5,13H,6-12,18H2,1H3,(H,19,22). The van der Waals surface area contributed by atoms with Crippen LogP contribution in [0.15, 0.2) is 24.3 Å². The molecule has 5 nitrogen and oxygen atoms in total. The maximum absolute atomic E-state index is 12.9. The molecule has 1 saturated heterocycles. The molecule has 1 aromatic carbocycles. The lowest BCUT2D eigenvalue weighted by Crippen LogP contribution is -2.48. The highest BCUT2D eigenvalue weighted by Gasteiger charge is 2.17. The zero-order chi connectivity index (χ0) is 15.9. The monoisotopic (exact) mass is 308 g/mol. The van der Waals surface area contributed by atoms with Gasteiger partial charge in [-0.25, -0.2) is 4.39 Å². The summed E-state index contributed by atoms with van der Waals surface area (Å²) in [7, 11) is 0. The Labute approximate surface area is 131 Å². The van der Waals surface area contributed by atoms with E-state index in [9.17, 15) is 9.18 Å². The first-order valence-electron chi connectivity index (χ1n) is 7.80. The fourth-order valence-corrected chi connectivity index (χ4v) is 2.60. The molecular weight excluding hydrogens is 283 g/mol. The average molecular weight is 308 g/mol. The quantitative estimate of drug-likeness (QED) is 0.816. The van der Waals surface area contributed by atoms with Crippen molar-refractivity contribution in [3.8, 4) is 0 Å². The van der Waals surface area contributed by atoms with Crippen molar-refractivity contribution in [2.24, 2.45) is 5.73 Å². The SMILES string of the molecule is CC(N)CC(=O)NCCN1CCN(c2ccc(F)cc2)CC1. The van der Waals surface area contributed by atoms with Gasteiger partial charge in [-0.2, -0.15) is 0 Å². The molecular formula is C16H25FN4O. The first-order valence-corrected chi connectivity index (χ1v) is 7.80. The molecule has 0 aromatic heterocycles. The van der Waals surface area contributed by atoms with E-state index in [1.54, 1.807) is 0 Å². The van der Waals surface area contributed by atoms with Crippen molar-refractivity contribution in [1.82, 2.24) is 10.2 Å². The summed E-state index contributed by atoms with van der Waals surface area (Å²) in [6.07, 6.45) is 0.373. The highest BCUT2D eigenvalue weighted by atomic mass is 19.1. The van der Waals surface area contributed by atoms with Gasteiger partial charge in [0.05, 0.1) is 0 Å². The fourth-order valence-electron chi connectivity index (χ4n) is 2.60. The molecule has 1 atom stereocenters. The molecule has 1 fully saturated rings. The molecule has 1 amide bonds. The van der Waals surface area contributed by atoms with Gasteiger partial charge in [-0.15, -0.1) is 0 Å². The van der Waals surface area contributed by atoms with Crippen LogP contribution in [0.5, 0.6) is 0 Å². The predicted molar refractivity (Wildman–Crippen MR) is 86.3 cm³/mol. The maximum atomic E-state index is 12.9. The summed E-state index contributed by atoms with van der Waals surface area (Å²) < 4.78 is 12.9. The summed E-state index contributed by atoms with van der Waals surface area (Å²) in [5.41, 5.74) is 6.65. The van der Waals surface area contributed by atoms with Crippen molar-refractivity contribution in [3.05, 3.63) is 30.1 Å². The Morgan fingerprint density at radius 3 is 2.50 bits per heavy atom. The number of carbonyl (C=O) groups excluding carboxylic acids is 1. The van der Waals surface area contributed by atoms with E-state index in [4.69, 9.17) is 5.73 Å². The van der Waals surface area contributed by atoms with E-state index in [1.807, 2.05) is 19.1 Å². The molecule has 1 aromatic rings. The Bertz CT molecular complexity index is 470. The topological polar surface area (TPSA) is 61.6 Å². The van der Waals surface area contributed by atoms with Gasteiger partial charge in [0.1, 0.15) is 5.82 Å². The molecule has 1 aliphatic heterocycles. The Balaban J connectivity index is 1.67. The predicted octanol–water partition coefficient (Wildman–Crippen LogP) is 0.801. The van der Waals surface area contributed by atoms with Gasteiger partial charge in [-0.1, -0.05) is 0 Å². The maximum Gasteiger partial charge on any atom is 0.221 e. The summed E-state index contributed by atoms with van der Waals surface area (Å²) in [6, 6.07) is 6.53. The number of carbonyl (C=O) groups is 1. The minimum Gasteiger partial charge on any atom is -0.369 e. The van der Waals surface area contributed by atoms with E-state index in [2.05, 4.69) is 15.1 Å². The third-order valence-electron chi connectivity index (χ3n) is 3.82. The molecule has 3 N–H and O–H groups in total. The number of halogens is 1. The van der Waals surface area contributed by atoms with Crippen LogP contribution in [0.25, 0.3) is 0 Å². The van der Waals surface area contributed by atoms with Crippen LogP contribution in [-0.2, 0) is 4.79 Å². The highest BCUT2D eigenvalue weighted by Crippen LogP contribution is 2.16. The summed E-state index contributed by atoms with van der Waals surface area (Å²) in [5, 5.41) is 2.89. The van der Waals surface area contributed by atoms with E-state index in [-0.39, 0.29) is 17.8 Å². The smallest absolute Gasteiger partial charge is 0.221 e. The zero-order valence-electron chi connectivity index (χ0n) is 13.1. The van der Waals surface area contributed by atoms with Crippen LogP contribution in [0.4, 0.5) is 10.1 Å². The molecule has 22 heavy (non-hydrogen) atoms. The second-order valence-electron chi connectivity index (χ2n) is 5.84. The van der Waals surface area contributed by atoms with E-state index in [1.165, 1.54) is 12.1 Å². The number of anilines is 1. The molecule has 122 valence electrons. The molecule has 0 spiro atoms. The number of nitrogens with two attached hydrogens (primary N) is 1. The van der Waals surface area contributed by atoms with E-state index in [0.717, 1.165) is 38.4 Å². The lowest BCUT2D eigenvalue weighted by atomic mass is 10.2. The van der Waals surface area contributed by atoms with Gasteiger partial charge >= 0.3 is 0 Å². The van der Waals surface area contributed by atoms with Crippen LogP contribution < -0.4 is 16.0 Å². The van der Waals surface area contributed by atoms with E-state index >= 15 is 0 Å². The van der Waals surface area contributed by atoms with Crippen molar-refractivity contribution in [2.45, 2.75) is 19.4 Å². The van der Waals surface area contributed by atoms with Gasteiger partial charge in [0.25, 0.3) is 0 Å². The van der Waals surface area contributed by atoms with E-state index < -0.39 is 0 Å². The molecule has 0 bridgehead atoms. The summed E-state index contributed by atoms with van der Waals surface area (Å²) >= 11 is 0. The average Bonchev–Trinajstić information content (AvgIpc) is 2.48. The Morgan fingerprint density at radius 1 is 1.27 bits per heavy atom. The van der Waals surface area contributed by atoms with Gasteiger partial charge in [0.15, 0.2) is 0 Å². The third-order valence-corrected chi connectivity index (χ3v) is 3.82. The van der Waals surface area contributed by atoms with Crippen molar-refractivity contribution in [1.29, 1.82) is 0 Å². The van der Waals surface area contributed by atoms with Crippen LogP contribution in [0.2, 0.25) is 0 Å². The molecule has 6 heteroatoms. The minimum atomic E-state index is -0.204. The first kappa shape index (κ1) is 16.7. The van der Waals surface area contributed by atoms with Crippen molar-refractivity contribution < 1.29 is 9.18 Å². The summed E-state index contributed by atoms with van der Waals surface area (Å²) in [6.45, 7) is 7.05. The molecule has 1 aliphatic rings. The van der Waals surface area contributed by atoms with Gasteiger partial charge in [0, 0.05) is 57.4 Å². The van der Waals surface area contributed by atoms with Gasteiger partial charge in [0.2, 0.25) is 5.91 Å². The number of hydrogen-bond acceptors (Lipinski definition) is 4. The van der Waals surface area contributed by atoms with Crippen molar-refractivity contribution in [3.63, 3.8) is 0 Å². The van der Waals surface area contributed by atoms with Crippen LogP contribution in [-0.4, -0.2) is 56.1 Å². The molecule has 1 heterocycles. The number of hydrogen-bond donors (Lipinski definition) is 2. The molecule has 0 aliphatic carbocycles. The number of piperazine rings is 1. The Hall–Kier alpha value is -1.66. The second-order valence-corrected chi connectivity index (χ2v) is 5.84. The number of amides is 1. The van der Waals surface area contributed by atoms with Crippen LogP contribution in [0, 0.1) is 5.82 Å². The van der Waals surface area contributed by atoms with Crippen LogP contribution in [0.3, 0.4) is 0 Å². The number of benzene rings is 1. The number of nitrogens with one attached hydrogen (secondary N) is 1.